The van der Waals surface area contributed by atoms with Crippen molar-refractivity contribution in [1.29, 1.82) is 0 Å². The van der Waals surface area contributed by atoms with E-state index in [9.17, 15) is 4.79 Å². The quantitative estimate of drug-likeness (QED) is 0.718. The van der Waals surface area contributed by atoms with Crippen molar-refractivity contribution in [3.05, 3.63) is 64.8 Å². The van der Waals surface area contributed by atoms with Crippen molar-refractivity contribution in [2.45, 2.75) is 45.6 Å². The predicted octanol–water partition coefficient (Wildman–Crippen LogP) is 4.09. The van der Waals surface area contributed by atoms with Crippen molar-refractivity contribution in [3.63, 3.8) is 0 Å². The number of benzene rings is 2. The maximum Gasteiger partial charge on any atom is 0.258 e. The largest absolute Gasteiger partial charge is 0.483 e. The second-order valence-electron chi connectivity index (χ2n) is 7.39. The van der Waals surface area contributed by atoms with E-state index in [1.165, 1.54) is 27.7 Å². The smallest absolute Gasteiger partial charge is 0.258 e. The zero-order chi connectivity index (χ0) is 18.8. The van der Waals surface area contributed by atoms with E-state index < -0.39 is 0 Å². The summed E-state index contributed by atoms with van der Waals surface area (Å²) < 4.78 is 5.74. The molecule has 1 heterocycles. The summed E-state index contributed by atoms with van der Waals surface area (Å²) in [6.45, 7) is 4.28. The van der Waals surface area contributed by atoms with Crippen LogP contribution in [0.25, 0.3) is 10.9 Å². The van der Waals surface area contributed by atoms with Gasteiger partial charge in [-0.05, 0) is 55.5 Å². The summed E-state index contributed by atoms with van der Waals surface area (Å²) >= 11 is 0. The highest BCUT2D eigenvalue weighted by Crippen LogP contribution is 2.29. The van der Waals surface area contributed by atoms with Crippen LogP contribution in [0.1, 0.15) is 35.7 Å². The van der Waals surface area contributed by atoms with Crippen LogP contribution in [0.2, 0.25) is 0 Å². The number of aromatic amines is 1. The number of nitrogens with one attached hydrogen (secondary N) is 2. The van der Waals surface area contributed by atoms with Gasteiger partial charge < -0.3 is 15.0 Å². The zero-order valence-electron chi connectivity index (χ0n) is 16.0. The second-order valence-corrected chi connectivity index (χ2v) is 7.39. The minimum atomic E-state index is -0.0543. The van der Waals surface area contributed by atoms with E-state index in [0.717, 1.165) is 37.0 Å². The fraction of sp³-hybridized carbons (Fsp3) is 0.348. The van der Waals surface area contributed by atoms with Crippen molar-refractivity contribution in [1.82, 2.24) is 10.3 Å². The van der Waals surface area contributed by atoms with Gasteiger partial charge in [-0.3, -0.25) is 4.79 Å². The van der Waals surface area contributed by atoms with E-state index in [0.29, 0.717) is 0 Å². The monoisotopic (exact) mass is 362 g/mol. The van der Waals surface area contributed by atoms with Crippen LogP contribution in [0, 0.1) is 6.92 Å². The van der Waals surface area contributed by atoms with Gasteiger partial charge in [-0.2, -0.15) is 0 Å². The van der Waals surface area contributed by atoms with Crippen molar-refractivity contribution in [2.75, 3.05) is 6.61 Å². The number of aryl methyl sites for hydroxylation is 3. The Morgan fingerprint density at radius 3 is 2.96 bits per heavy atom. The first-order chi connectivity index (χ1) is 13.1. The molecule has 1 aliphatic carbocycles. The standard InChI is InChI=1S/C23H26N2O2/c1-3-16-6-4-5-7-22(16)27-14-23(26)24-17-9-10-18-19-12-15(2)8-11-20(19)25-21(18)13-17/h4-8,11-12,17,25H,3,9-10,13-14H2,1-2H3,(H,24,26). The molecular formula is C23H26N2O2. The minimum Gasteiger partial charge on any atom is -0.483 e. The molecule has 0 radical (unpaired) electrons. The molecule has 0 fully saturated rings. The number of ether oxygens (including phenoxy) is 1. The molecule has 3 aromatic rings. The Kier molecular flexibility index (Phi) is 4.88. The number of rotatable bonds is 5. The van der Waals surface area contributed by atoms with Crippen LogP contribution in [-0.4, -0.2) is 23.5 Å². The van der Waals surface area contributed by atoms with Crippen LogP contribution in [0.4, 0.5) is 0 Å². The molecule has 1 amide bonds. The van der Waals surface area contributed by atoms with Gasteiger partial charge in [-0.15, -0.1) is 0 Å². The highest BCUT2D eigenvalue weighted by atomic mass is 16.5. The molecule has 0 bridgehead atoms. The molecule has 0 saturated heterocycles. The molecule has 1 aliphatic rings. The van der Waals surface area contributed by atoms with E-state index in [1.807, 2.05) is 24.3 Å². The summed E-state index contributed by atoms with van der Waals surface area (Å²) in [5, 5.41) is 4.47. The van der Waals surface area contributed by atoms with Crippen LogP contribution in [0.3, 0.4) is 0 Å². The van der Waals surface area contributed by atoms with Crippen molar-refractivity contribution in [3.8, 4) is 5.75 Å². The maximum atomic E-state index is 12.4. The number of hydrogen-bond acceptors (Lipinski definition) is 2. The highest BCUT2D eigenvalue weighted by molar-refractivity contribution is 5.86. The first-order valence-electron chi connectivity index (χ1n) is 9.74. The van der Waals surface area contributed by atoms with E-state index in [2.05, 4.69) is 42.3 Å². The minimum absolute atomic E-state index is 0.0543. The van der Waals surface area contributed by atoms with Gasteiger partial charge in [0.1, 0.15) is 5.75 Å². The second kappa shape index (κ2) is 7.47. The van der Waals surface area contributed by atoms with Gasteiger partial charge in [-0.25, -0.2) is 0 Å². The van der Waals surface area contributed by atoms with Crippen LogP contribution in [-0.2, 0) is 24.1 Å². The molecule has 4 nitrogen and oxygen atoms in total. The Balaban J connectivity index is 1.38. The molecule has 1 unspecified atom stereocenters. The topological polar surface area (TPSA) is 54.1 Å². The van der Waals surface area contributed by atoms with E-state index in [1.54, 1.807) is 0 Å². The number of carbonyl (C=O) groups is 1. The van der Waals surface area contributed by atoms with Crippen molar-refractivity contribution < 1.29 is 9.53 Å². The van der Waals surface area contributed by atoms with E-state index in [4.69, 9.17) is 4.74 Å². The maximum absolute atomic E-state index is 12.4. The summed E-state index contributed by atoms with van der Waals surface area (Å²) in [6, 6.07) is 14.6. The normalized spacial score (nSPS) is 16.1. The number of hydrogen-bond donors (Lipinski definition) is 2. The first-order valence-corrected chi connectivity index (χ1v) is 9.74. The van der Waals surface area contributed by atoms with Gasteiger partial charge in [0.25, 0.3) is 5.91 Å². The summed E-state index contributed by atoms with van der Waals surface area (Å²) in [4.78, 5) is 15.9. The van der Waals surface area contributed by atoms with Gasteiger partial charge in [0.05, 0.1) is 0 Å². The molecule has 4 heteroatoms. The third-order valence-corrected chi connectivity index (χ3v) is 5.42. The van der Waals surface area contributed by atoms with E-state index >= 15 is 0 Å². The molecule has 4 rings (SSSR count). The highest BCUT2D eigenvalue weighted by Gasteiger charge is 2.23. The lowest BCUT2D eigenvalue weighted by molar-refractivity contribution is -0.123. The third-order valence-electron chi connectivity index (χ3n) is 5.42. The average molecular weight is 362 g/mol. The zero-order valence-corrected chi connectivity index (χ0v) is 16.0. The van der Waals surface area contributed by atoms with Crippen molar-refractivity contribution >= 4 is 16.8 Å². The lowest BCUT2D eigenvalue weighted by Gasteiger charge is -2.23. The van der Waals surface area contributed by atoms with Gasteiger partial charge in [-0.1, -0.05) is 36.8 Å². The lowest BCUT2D eigenvalue weighted by Crippen LogP contribution is -2.41. The van der Waals surface area contributed by atoms with Crippen LogP contribution >= 0.6 is 0 Å². The molecule has 1 aromatic heterocycles. The summed E-state index contributed by atoms with van der Waals surface area (Å²) in [7, 11) is 0. The number of H-pyrrole nitrogens is 1. The Hall–Kier alpha value is -2.75. The third kappa shape index (κ3) is 3.70. The Morgan fingerprint density at radius 2 is 2.11 bits per heavy atom. The molecule has 2 N–H and O–H groups in total. The molecule has 27 heavy (non-hydrogen) atoms. The predicted molar refractivity (Wildman–Crippen MR) is 108 cm³/mol. The van der Waals surface area contributed by atoms with Crippen LogP contribution in [0.15, 0.2) is 42.5 Å². The number of fused-ring (bicyclic) bond motifs is 3. The van der Waals surface area contributed by atoms with Gasteiger partial charge >= 0.3 is 0 Å². The number of aromatic nitrogens is 1. The summed E-state index contributed by atoms with van der Waals surface area (Å²) in [6.07, 6.45) is 3.69. The number of amides is 1. The van der Waals surface area contributed by atoms with Crippen LogP contribution < -0.4 is 10.1 Å². The van der Waals surface area contributed by atoms with Gasteiger partial charge in [0.2, 0.25) is 0 Å². The fourth-order valence-corrected chi connectivity index (χ4v) is 4.02. The van der Waals surface area contributed by atoms with Crippen molar-refractivity contribution in [2.24, 2.45) is 0 Å². The van der Waals surface area contributed by atoms with Gasteiger partial charge in [0.15, 0.2) is 6.61 Å². The first kappa shape index (κ1) is 17.7. The van der Waals surface area contributed by atoms with Gasteiger partial charge in [0, 0.05) is 29.1 Å². The number of para-hydroxylation sites is 1. The molecule has 0 spiro atoms. The molecule has 0 aliphatic heterocycles. The fourth-order valence-electron chi connectivity index (χ4n) is 4.02. The Labute approximate surface area is 159 Å². The molecule has 0 saturated carbocycles. The molecule has 2 aromatic carbocycles. The average Bonchev–Trinajstić information content (AvgIpc) is 3.03. The number of carbonyl (C=O) groups excluding carboxylic acids is 1. The summed E-state index contributed by atoms with van der Waals surface area (Å²) in [5.41, 5.74) is 6.26. The Bertz CT molecular complexity index is 974. The SMILES string of the molecule is CCc1ccccc1OCC(=O)NC1CCc2c([nH]c3ccc(C)cc23)C1. The molecule has 1 atom stereocenters. The molecular weight excluding hydrogens is 336 g/mol. The van der Waals surface area contributed by atoms with Crippen LogP contribution in [0.5, 0.6) is 5.75 Å². The van der Waals surface area contributed by atoms with E-state index in [-0.39, 0.29) is 18.6 Å². The molecule has 140 valence electrons. The lowest BCUT2D eigenvalue weighted by atomic mass is 9.91. The summed E-state index contributed by atoms with van der Waals surface area (Å²) in [5.74, 6) is 0.744. The Morgan fingerprint density at radius 1 is 1.26 bits per heavy atom.